The summed E-state index contributed by atoms with van der Waals surface area (Å²) in [5.41, 5.74) is 5.63. The van der Waals surface area contributed by atoms with Crippen LogP contribution in [0.25, 0.3) is 11.1 Å². The van der Waals surface area contributed by atoms with Gasteiger partial charge in [-0.25, -0.2) is 4.98 Å². The second-order valence-corrected chi connectivity index (χ2v) is 6.59. The zero-order chi connectivity index (χ0) is 18.3. The van der Waals surface area contributed by atoms with E-state index in [1.165, 1.54) is 18.3 Å². The van der Waals surface area contributed by atoms with Crippen LogP contribution in [-0.4, -0.2) is 26.7 Å². The zero-order valence-corrected chi connectivity index (χ0v) is 14.8. The van der Waals surface area contributed by atoms with Gasteiger partial charge in [0.1, 0.15) is 5.75 Å². The van der Waals surface area contributed by atoms with E-state index in [2.05, 4.69) is 15.0 Å². The predicted molar refractivity (Wildman–Crippen MR) is 96.9 cm³/mol. The molecule has 0 spiro atoms. The third kappa shape index (κ3) is 2.62. The number of allylic oxidation sites excluding steroid dienone is 1. The van der Waals surface area contributed by atoms with Gasteiger partial charge in [-0.15, -0.1) is 11.3 Å². The number of aromatic nitrogens is 3. The van der Waals surface area contributed by atoms with Crippen LogP contribution in [0, 0.1) is 6.92 Å². The van der Waals surface area contributed by atoms with Gasteiger partial charge in [0.2, 0.25) is 0 Å². The molecule has 0 amide bonds. The first kappa shape index (κ1) is 16.3. The second-order valence-electron chi connectivity index (χ2n) is 5.74. The van der Waals surface area contributed by atoms with Gasteiger partial charge in [-0.1, -0.05) is 0 Å². The number of rotatable bonds is 3. The molecule has 0 radical (unpaired) electrons. The Labute approximate surface area is 153 Å². The van der Waals surface area contributed by atoms with Crippen molar-refractivity contribution in [1.29, 1.82) is 0 Å². The number of ketones is 1. The molecule has 2 aromatic heterocycles. The molecule has 0 unspecified atom stereocenters. The van der Waals surface area contributed by atoms with Crippen LogP contribution in [0.4, 0.5) is 0 Å². The fourth-order valence-corrected chi connectivity index (χ4v) is 3.86. The third-order valence-corrected chi connectivity index (χ3v) is 4.98. The highest BCUT2D eigenvalue weighted by atomic mass is 32.1. The molecule has 1 aromatic carbocycles. The van der Waals surface area contributed by atoms with Crippen LogP contribution < -0.4 is 4.74 Å². The number of ether oxygens (including phenoxy) is 1. The van der Waals surface area contributed by atoms with Crippen molar-refractivity contribution in [3.8, 4) is 5.75 Å². The molecule has 3 aromatic rings. The number of carbonyl (C=O) groups excluding carboxylic acids is 2. The van der Waals surface area contributed by atoms with E-state index in [1.807, 2.05) is 6.92 Å². The van der Waals surface area contributed by atoms with Gasteiger partial charge >= 0.3 is 5.97 Å². The maximum atomic E-state index is 13.2. The quantitative estimate of drug-likeness (QED) is 0.524. The number of aryl methyl sites for hydroxylation is 1. The summed E-state index contributed by atoms with van der Waals surface area (Å²) in [6, 6.07) is 5.08. The lowest BCUT2D eigenvalue weighted by Crippen LogP contribution is -2.04. The highest BCUT2D eigenvalue weighted by Crippen LogP contribution is 2.44. The number of nitrogens with zero attached hydrogens (tertiary/aromatic N) is 3. The molecule has 2 heterocycles. The first-order valence-corrected chi connectivity index (χ1v) is 8.73. The number of benzene rings is 1. The first-order chi connectivity index (χ1) is 12.6. The number of carbonyl (C=O) groups is 2. The lowest BCUT2D eigenvalue weighted by Gasteiger charge is -2.07. The topological polar surface area (TPSA) is 82.0 Å². The van der Waals surface area contributed by atoms with Crippen LogP contribution in [0.1, 0.15) is 39.1 Å². The SMILES string of the molecule is CC(=O)Oc1ccc2c(c1)C(=O)C(c1cnccn1)=C2c1scnc1C. The number of esters is 1. The average molecular weight is 363 g/mol. The zero-order valence-electron chi connectivity index (χ0n) is 14.0. The molecule has 0 bridgehead atoms. The maximum absolute atomic E-state index is 13.2. The second kappa shape index (κ2) is 6.27. The summed E-state index contributed by atoms with van der Waals surface area (Å²) in [7, 11) is 0. The Morgan fingerprint density at radius 1 is 1.12 bits per heavy atom. The van der Waals surface area contributed by atoms with Crippen molar-refractivity contribution in [3.63, 3.8) is 0 Å². The number of fused-ring (bicyclic) bond motifs is 1. The van der Waals surface area contributed by atoms with E-state index in [4.69, 9.17) is 4.74 Å². The van der Waals surface area contributed by atoms with E-state index >= 15 is 0 Å². The fraction of sp³-hybridized carbons (Fsp3) is 0.105. The molecule has 26 heavy (non-hydrogen) atoms. The lowest BCUT2D eigenvalue weighted by molar-refractivity contribution is -0.131. The Balaban J connectivity index is 1.96. The van der Waals surface area contributed by atoms with Crippen molar-refractivity contribution < 1.29 is 14.3 Å². The maximum Gasteiger partial charge on any atom is 0.308 e. The van der Waals surface area contributed by atoms with Crippen LogP contribution in [-0.2, 0) is 4.79 Å². The van der Waals surface area contributed by atoms with Crippen LogP contribution in [0.15, 0.2) is 42.3 Å². The van der Waals surface area contributed by atoms with E-state index in [-0.39, 0.29) is 5.78 Å². The van der Waals surface area contributed by atoms with Gasteiger partial charge in [-0.05, 0) is 30.7 Å². The lowest BCUT2D eigenvalue weighted by atomic mass is 10.0. The van der Waals surface area contributed by atoms with Crippen molar-refractivity contribution in [1.82, 2.24) is 15.0 Å². The minimum atomic E-state index is -0.434. The molecule has 1 aliphatic rings. The van der Waals surface area contributed by atoms with Gasteiger partial charge in [-0.3, -0.25) is 19.6 Å². The van der Waals surface area contributed by atoms with E-state index in [9.17, 15) is 9.59 Å². The summed E-state index contributed by atoms with van der Waals surface area (Å²) in [6.45, 7) is 3.23. The van der Waals surface area contributed by atoms with Gasteiger partial charge in [0, 0.05) is 30.5 Å². The van der Waals surface area contributed by atoms with Gasteiger partial charge in [0.15, 0.2) is 5.78 Å². The van der Waals surface area contributed by atoms with E-state index in [1.54, 1.807) is 42.3 Å². The number of Topliss-reactive ketones (excluding diaryl/α,β-unsaturated/α-hetero) is 1. The molecule has 0 N–H and O–H groups in total. The molecule has 0 saturated heterocycles. The Hall–Kier alpha value is -3.19. The number of hydrogen-bond donors (Lipinski definition) is 0. The van der Waals surface area contributed by atoms with Crippen LogP contribution in [0.2, 0.25) is 0 Å². The Bertz CT molecular complexity index is 1070. The van der Waals surface area contributed by atoms with Gasteiger partial charge < -0.3 is 4.74 Å². The average Bonchev–Trinajstić information content (AvgIpc) is 3.16. The van der Waals surface area contributed by atoms with Gasteiger partial charge in [-0.2, -0.15) is 0 Å². The van der Waals surface area contributed by atoms with Gasteiger partial charge in [0.05, 0.1) is 33.5 Å². The minimum Gasteiger partial charge on any atom is -0.427 e. The highest BCUT2D eigenvalue weighted by molar-refractivity contribution is 7.11. The fourth-order valence-electron chi connectivity index (χ4n) is 2.99. The third-order valence-electron chi connectivity index (χ3n) is 4.04. The van der Waals surface area contributed by atoms with Crippen molar-refractivity contribution >= 4 is 34.2 Å². The molecule has 128 valence electrons. The Morgan fingerprint density at radius 3 is 2.62 bits per heavy atom. The molecular weight excluding hydrogens is 350 g/mol. The van der Waals surface area contributed by atoms with Crippen LogP contribution in [0.3, 0.4) is 0 Å². The molecule has 4 rings (SSSR count). The van der Waals surface area contributed by atoms with Crippen molar-refractivity contribution in [2.75, 3.05) is 0 Å². The predicted octanol–water partition coefficient (Wildman–Crippen LogP) is 3.32. The van der Waals surface area contributed by atoms with Gasteiger partial charge in [0.25, 0.3) is 0 Å². The minimum absolute atomic E-state index is 0.169. The van der Waals surface area contributed by atoms with Crippen LogP contribution in [0.5, 0.6) is 5.75 Å². The molecule has 6 nitrogen and oxygen atoms in total. The highest BCUT2D eigenvalue weighted by Gasteiger charge is 2.34. The molecule has 1 aliphatic carbocycles. The first-order valence-electron chi connectivity index (χ1n) is 7.85. The van der Waals surface area contributed by atoms with E-state index in [0.29, 0.717) is 22.6 Å². The summed E-state index contributed by atoms with van der Waals surface area (Å²) in [5, 5.41) is 0. The van der Waals surface area contributed by atoms with Crippen molar-refractivity contribution in [3.05, 3.63) is 69.7 Å². The Morgan fingerprint density at radius 2 is 1.96 bits per heavy atom. The summed E-state index contributed by atoms with van der Waals surface area (Å²) >= 11 is 1.47. The van der Waals surface area contributed by atoms with Crippen molar-refractivity contribution in [2.24, 2.45) is 0 Å². The largest absolute Gasteiger partial charge is 0.427 e. The Kier molecular flexibility index (Phi) is 3.93. The molecule has 0 fully saturated rings. The number of thiazole rings is 1. The van der Waals surface area contributed by atoms with E-state index in [0.717, 1.165) is 21.7 Å². The standard InChI is InChI=1S/C19H13N3O3S/c1-10-19(26-9-22-10)16-13-4-3-12(25-11(2)23)7-14(13)18(24)17(16)15-8-20-5-6-21-15/h3-9H,1-2H3. The molecule has 7 heteroatoms. The summed E-state index contributed by atoms with van der Waals surface area (Å²) in [6.07, 6.45) is 4.69. The monoisotopic (exact) mass is 363 g/mol. The number of hydrogen-bond acceptors (Lipinski definition) is 7. The summed E-state index contributed by atoms with van der Waals surface area (Å²) < 4.78 is 5.13. The summed E-state index contributed by atoms with van der Waals surface area (Å²) in [5.74, 6) is -0.265. The molecule has 0 aliphatic heterocycles. The normalized spacial score (nSPS) is 13.1. The van der Waals surface area contributed by atoms with Crippen molar-refractivity contribution in [2.45, 2.75) is 13.8 Å². The summed E-state index contributed by atoms with van der Waals surface area (Å²) in [4.78, 5) is 38.0. The molecule has 0 atom stereocenters. The smallest absolute Gasteiger partial charge is 0.308 e. The molecule has 0 saturated carbocycles. The van der Waals surface area contributed by atoms with E-state index < -0.39 is 5.97 Å². The molecular formula is C19H13N3O3S. The van der Waals surface area contributed by atoms with Crippen LogP contribution >= 0.6 is 11.3 Å².